The Kier molecular flexibility index (Phi) is 2.81. The molecule has 0 aliphatic carbocycles. The lowest BCUT2D eigenvalue weighted by atomic mass is 10.1. The lowest BCUT2D eigenvalue weighted by Gasteiger charge is -2.02. The number of hydrogen-bond donors (Lipinski definition) is 1. The predicted molar refractivity (Wildman–Crippen MR) is 47.5 cm³/mol. The van der Waals surface area contributed by atoms with Crippen molar-refractivity contribution in [2.45, 2.75) is 26.2 Å². The van der Waals surface area contributed by atoms with E-state index in [9.17, 15) is 4.79 Å². The van der Waals surface area contributed by atoms with Crippen molar-refractivity contribution < 1.29 is 9.90 Å². The van der Waals surface area contributed by atoms with Crippen LogP contribution < -0.4 is 0 Å². The summed E-state index contributed by atoms with van der Waals surface area (Å²) >= 11 is 1.39. The van der Waals surface area contributed by atoms with Crippen LogP contribution in [0.4, 0.5) is 0 Å². The van der Waals surface area contributed by atoms with Gasteiger partial charge in [-0.1, -0.05) is 13.8 Å². The van der Waals surface area contributed by atoms with Crippen LogP contribution in [0, 0.1) is 0 Å². The molecule has 0 atom stereocenters. The Morgan fingerprint density at radius 3 is 2.92 bits per heavy atom. The second kappa shape index (κ2) is 3.67. The highest BCUT2D eigenvalue weighted by Crippen LogP contribution is 2.23. The Labute approximate surface area is 75.2 Å². The first-order chi connectivity index (χ1) is 5.61. The third kappa shape index (κ3) is 2.04. The largest absolute Gasteiger partial charge is 0.481 e. The fourth-order valence-corrected chi connectivity index (χ4v) is 1.79. The van der Waals surface area contributed by atoms with Gasteiger partial charge in [-0.15, -0.1) is 0 Å². The summed E-state index contributed by atoms with van der Waals surface area (Å²) in [4.78, 5) is 11.5. The second-order valence-electron chi connectivity index (χ2n) is 2.94. The van der Waals surface area contributed by atoms with Crippen molar-refractivity contribution in [1.29, 1.82) is 0 Å². The maximum atomic E-state index is 10.4. The number of hydrogen-bond acceptors (Lipinski definition) is 3. The molecule has 0 spiro atoms. The molecule has 0 radical (unpaired) electrons. The van der Waals surface area contributed by atoms with Gasteiger partial charge in [0, 0.05) is 11.1 Å². The molecule has 0 unspecified atom stereocenters. The van der Waals surface area contributed by atoms with Gasteiger partial charge in [-0.3, -0.25) is 4.79 Å². The van der Waals surface area contributed by atoms with E-state index in [4.69, 9.17) is 5.11 Å². The number of rotatable bonds is 3. The van der Waals surface area contributed by atoms with E-state index in [0.29, 0.717) is 5.92 Å². The molecule has 0 aliphatic heterocycles. The van der Waals surface area contributed by atoms with E-state index in [1.807, 2.05) is 13.8 Å². The standard InChI is InChI=1S/C8H11NO2S/c1-5(2)8-6(3-7(10)11)4-9-12-8/h4-5H,3H2,1-2H3,(H,10,11). The van der Waals surface area contributed by atoms with Crippen LogP contribution in [0.5, 0.6) is 0 Å². The summed E-state index contributed by atoms with van der Waals surface area (Å²) < 4.78 is 3.97. The smallest absolute Gasteiger partial charge is 0.307 e. The number of carbonyl (C=O) groups is 1. The van der Waals surface area contributed by atoms with Crippen molar-refractivity contribution in [3.63, 3.8) is 0 Å². The van der Waals surface area contributed by atoms with Crippen LogP contribution in [-0.4, -0.2) is 15.4 Å². The normalized spacial score (nSPS) is 10.6. The van der Waals surface area contributed by atoms with E-state index >= 15 is 0 Å². The van der Waals surface area contributed by atoms with Crippen LogP contribution in [0.25, 0.3) is 0 Å². The van der Waals surface area contributed by atoms with Crippen molar-refractivity contribution in [3.8, 4) is 0 Å². The fourth-order valence-electron chi connectivity index (χ4n) is 1.04. The van der Waals surface area contributed by atoms with Gasteiger partial charge in [-0.05, 0) is 23.0 Å². The first-order valence-corrected chi connectivity index (χ1v) is 4.54. The molecule has 0 bridgehead atoms. The van der Waals surface area contributed by atoms with Gasteiger partial charge < -0.3 is 5.11 Å². The highest BCUT2D eigenvalue weighted by molar-refractivity contribution is 7.06. The quantitative estimate of drug-likeness (QED) is 0.782. The van der Waals surface area contributed by atoms with Crippen molar-refractivity contribution >= 4 is 17.5 Å². The molecule has 66 valence electrons. The molecular formula is C8H11NO2S. The van der Waals surface area contributed by atoms with Crippen LogP contribution in [0.2, 0.25) is 0 Å². The first-order valence-electron chi connectivity index (χ1n) is 3.76. The molecule has 4 heteroatoms. The van der Waals surface area contributed by atoms with Crippen molar-refractivity contribution in [2.24, 2.45) is 0 Å². The molecule has 3 nitrogen and oxygen atoms in total. The Balaban J connectivity index is 2.84. The van der Waals surface area contributed by atoms with Gasteiger partial charge in [0.15, 0.2) is 0 Å². The molecule has 1 aromatic rings. The van der Waals surface area contributed by atoms with E-state index in [2.05, 4.69) is 4.37 Å². The number of nitrogens with zero attached hydrogens (tertiary/aromatic N) is 1. The van der Waals surface area contributed by atoms with Gasteiger partial charge in [-0.25, -0.2) is 4.37 Å². The SMILES string of the molecule is CC(C)c1sncc1CC(=O)O. The van der Waals surface area contributed by atoms with Gasteiger partial charge in [-0.2, -0.15) is 0 Å². The molecule has 0 saturated heterocycles. The number of aromatic nitrogens is 1. The zero-order valence-corrected chi connectivity index (χ0v) is 7.89. The Morgan fingerprint density at radius 1 is 1.75 bits per heavy atom. The zero-order chi connectivity index (χ0) is 9.14. The van der Waals surface area contributed by atoms with E-state index < -0.39 is 5.97 Å². The third-order valence-electron chi connectivity index (χ3n) is 1.54. The summed E-state index contributed by atoms with van der Waals surface area (Å²) in [6.45, 7) is 4.08. The van der Waals surface area contributed by atoms with Gasteiger partial charge in [0.05, 0.1) is 6.42 Å². The minimum absolute atomic E-state index is 0.0873. The molecule has 12 heavy (non-hydrogen) atoms. The van der Waals surface area contributed by atoms with Crippen molar-refractivity contribution in [3.05, 3.63) is 16.6 Å². The summed E-state index contributed by atoms with van der Waals surface area (Å²) in [6.07, 6.45) is 1.73. The van der Waals surface area contributed by atoms with Crippen molar-refractivity contribution in [1.82, 2.24) is 4.37 Å². The van der Waals surface area contributed by atoms with Gasteiger partial charge in [0.1, 0.15) is 0 Å². The Morgan fingerprint density at radius 2 is 2.42 bits per heavy atom. The number of carboxylic acids is 1. The minimum atomic E-state index is -0.794. The monoisotopic (exact) mass is 185 g/mol. The van der Waals surface area contributed by atoms with Gasteiger partial charge in [0.2, 0.25) is 0 Å². The summed E-state index contributed by atoms with van der Waals surface area (Å²) in [5, 5.41) is 8.57. The van der Waals surface area contributed by atoms with Crippen LogP contribution in [-0.2, 0) is 11.2 Å². The molecule has 1 heterocycles. The van der Waals surface area contributed by atoms with Gasteiger partial charge in [0.25, 0.3) is 0 Å². The molecule has 1 aromatic heterocycles. The maximum absolute atomic E-state index is 10.4. The Hall–Kier alpha value is -0.900. The third-order valence-corrected chi connectivity index (χ3v) is 2.68. The Bertz CT molecular complexity index is 280. The van der Waals surface area contributed by atoms with Crippen LogP contribution in [0.1, 0.15) is 30.2 Å². The summed E-state index contributed by atoms with van der Waals surface area (Å²) in [6, 6.07) is 0. The zero-order valence-electron chi connectivity index (χ0n) is 7.07. The maximum Gasteiger partial charge on any atom is 0.307 e. The molecule has 0 aromatic carbocycles. The molecule has 1 rings (SSSR count). The van der Waals surface area contributed by atoms with E-state index in [1.54, 1.807) is 6.20 Å². The lowest BCUT2D eigenvalue weighted by molar-refractivity contribution is -0.136. The highest BCUT2D eigenvalue weighted by Gasteiger charge is 2.11. The molecule has 0 saturated carbocycles. The van der Waals surface area contributed by atoms with Gasteiger partial charge >= 0.3 is 5.97 Å². The summed E-state index contributed by atoms with van der Waals surface area (Å²) in [5.74, 6) is -0.427. The topological polar surface area (TPSA) is 50.2 Å². The summed E-state index contributed by atoms with van der Waals surface area (Å²) in [7, 11) is 0. The first kappa shape index (κ1) is 9.19. The van der Waals surface area contributed by atoms with Crippen LogP contribution in [0.3, 0.4) is 0 Å². The molecule has 0 aliphatic rings. The average molecular weight is 185 g/mol. The number of carboxylic acid groups (broad SMARTS) is 1. The minimum Gasteiger partial charge on any atom is -0.481 e. The van der Waals surface area contributed by atoms with E-state index in [1.165, 1.54) is 11.5 Å². The second-order valence-corrected chi connectivity index (χ2v) is 3.77. The molecule has 0 fully saturated rings. The van der Waals surface area contributed by atoms with E-state index in [0.717, 1.165) is 10.4 Å². The molecule has 1 N–H and O–H groups in total. The highest BCUT2D eigenvalue weighted by atomic mass is 32.1. The molecule has 0 amide bonds. The van der Waals surface area contributed by atoms with Crippen molar-refractivity contribution in [2.75, 3.05) is 0 Å². The van der Waals surface area contributed by atoms with Crippen LogP contribution in [0.15, 0.2) is 6.20 Å². The lowest BCUT2D eigenvalue weighted by Crippen LogP contribution is -2.01. The van der Waals surface area contributed by atoms with E-state index in [-0.39, 0.29) is 6.42 Å². The fraction of sp³-hybridized carbons (Fsp3) is 0.500. The summed E-state index contributed by atoms with van der Waals surface area (Å²) in [5.41, 5.74) is 0.850. The number of aliphatic carboxylic acids is 1. The molecular weight excluding hydrogens is 174 g/mol. The average Bonchev–Trinajstić information content (AvgIpc) is 2.33. The van der Waals surface area contributed by atoms with Crippen LogP contribution >= 0.6 is 11.5 Å². The predicted octanol–water partition coefficient (Wildman–Crippen LogP) is 1.89.